The number of amidine groups is 1. The number of nitrogen functional groups attached to an aromatic ring is 1. The van der Waals surface area contributed by atoms with Crippen molar-refractivity contribution in [1.29, 1.82) is 5.41 Å². The van der Waals surface area contributed by atoms with Crippen LogP contribution in [0, 0.1) is 5.41 Å². The standard InChI is InChI=1S/C20H26N4O3S/c21-20(22)19-17(5-4-6-18(19)28(23,25)26)15-7-9-16(10-8-15)27-14-13-24-11-2-1-3-12-24/h4-10H,1-3,11-14H2,(H3,21,22)(H2,23,25,26). The van der Waals surface area contributed by atoms with E-state index in [0.717, 1.165) is 30.9 Å². The van der Waals surface area contributed by atoms with Gasteiger partial charge in [-0.25, -0.2) is 13.6 Å². The number of hydrogen-bond donors (Lipinski definition) is 3. The fourth-order valence-corrected chi connectivity index (χ4v) is 4.27. The van der Waals surface area contributed by atoms with Crippen molar-refractivity contribution in [2.45, 2.75) is 24.2 Å². The van der Waals surface area contributed by atoms with Crippen molar-refractivity contribution < 1.29 is 13.2 Å². The van der Waals surface area contributed by atoms with Crippen molar-refractivity contribution in [3.63, 3.8) is 0 Å². The average Bonchev–Trinajstić information content (AvgIpc) is 2.68. The van der Waals surface area contributed by atoms with Gasteiger partial charge in [-0.05, 0) is 55.3 Å². The molecule has 0 aromatic heterocycles. The van der Waals surface area contributed by atoms with E-state index >= 15 is 0 Å². The minimum atomic E-state index is -3.99. The van der Waals surface area contributed by atoms with Crippen LogP contribution in [-0.4, -0.2) is 45.4 Å². The van der Waals surface area contributed by atoms with E-state index in [2.05, 4.69) is 4.90 Å². The van der Waals surface area contributed by atoms with Crippen molar-refractivity contribution in [3.05, 3.63) is 48.0 Å². The van der Waals surface area contributed by atoms with Gasteiger partial charge < -0.3 is 10.5 Å². The second kappa shape index (κ2) is 8.72. The van der Waals surface area contributed by atoms with E-state index < -0.39 is 10.0 Å². The van der Waals surface area contributed by atoms with Gasteiger partial charge in [-0.3, -0.25) is 10.3 Å². The highest BCUT2D eigenvalue weighted by Crippen LogP contribution is 2.29. The Morgan fingerprint density at radius 3 is 2.36 bits per heavy atom. The van der Waals surface area contributed by atoms with Crippen LogP contribution in [-0.2, 0) is 10.0 Å². The molecule has 2 aromatic rings. The molecule has 0 bridgehead atoms. The Labute approximate surface area is 165 Å². The highest BCUT2D eigenvalue weighted by molar-refractivity contribution is 7.89. The summed E-state index contributed by atoms with van der Waals surface area (Å²) in [6, 6.07) is 12.0. The van der Waals surface area contributed by atoms with Crippen LogP contribution in [0.5, 0.6) is 5.75 Å². The monoisotopic (exact) mass is 402 g/mol. The average molecular weight is 403 g/mol. The summed E-state index contributed by atoms with van der Waals surface area (Å²) in [4.78, 5) is 2.26. The number of piperidine rings is 1. The third-order valence-corrected chi connectivity index (χ3v) is 5.85. The van der Waals surface area contributed by atoms with Gasteiger partial charge in [0.15, 0.2) is 0 Å². The van der Waals surface area contributed by atoms with Crippen LogP contribution in [0.4, 0.5) is 0 Å². The van der Waals surface area contributed by atoms with Gasteiger partial charge in [0.25, 0.3) is 0 Å². The fourth-order valence-electron chi connectivity index (χ4n) is 3.49. The van der Waals surface area contributed by atoms with Gasteiger partial charge in [-0.1, -0.05) is 30.7 Å². The summed E-state index contributed by atoms with van der Waals surface area (Å²) in [5.41, 5.74) is 7.04. The van der Waals surface area contributed by atoms with Crippen LogP contribution >= 0.6 is 0 Å². The van der Waals surface area contributed by atoms with Gasteiger partial charge in [0.05, 0.1) is 4.90 Å². The first kappa shape index (κ1) is 20.3. The fraction of sp³-hybridized carbons (Fsp3) is 0.350. The Balaban J connectivity index is 1.75. The zero-order valence-electron chi connectivity index (χ0n) is 15.7. The molecule has 8 heteroatoms. The number of nitrogens with one attached hydrogen (secondary N) is 1. The van der Waals surface area contributed by atoms with Gasteiger partial charge in [0, 0.05) is 12.1 Å². The van der Waals surface area contributed by atoms with Crippen molar-refractivity contribution >= 4 is 15.9 Å². The number of hydrogen-bond acceptors (Lipinski definition) is 5. The number of sulfonamides is 1. The lowest BCUT2D eigenvalue weighted by molar-refractivity contribution is 0.183. The molecule has 1 saturated heterocycles. The van der Waals surface area contributed by atoms with Crippen molar-refractivity contribution in [2.24, 2.45) is 10.9 Å². The summed E-state index contributed by atoms with van der Waals surface area (Å²) < 4.78 is 29.5. The molecule has 0 amide bonds. The van der Waals surface area contributed by atoms with Crippen LogP contribution in [0.2, 0.25) is 0 Å². The molecular formula is C20H26N4O3S. The van der Waals surface area contributed by atoms with Gasteiger partial charge in [0.1, 0.15) is 18.2 Å². The Morgan fingerprint density at radius 2 is 1.75 bits per heavy atom. The maximum atomic E-state index is 11.8. The van der Waals surface area contributed by atoms with Crippen LogP contribution in [0.1, 0.15) is 24.8 Å². The first-order valence-electron chi connectivity index (χ1n) is 9.32. The summed E-state index contributed by atoms with van der Waals surface area (Å²) in [6.07, 6.45) is 3.82. The van der Waals surface area contributed by atoms with Gasteiger partial charge in [-0.2, -0.15) is 0 Å². The second-order valence-corrected chi connectivity index (χ2v) is 8.44. The molecule has 1 aliphatic rings. The maximum Gasteiger partial charge on any atom is 0.238 e. The molecular weight excluding hydrogens is 376 g/mol. The second-order valence-electron chi connectivity index (χ2n) is 6.91. The van der Waals surface area contributed by atoms with Crippen LogP contribution in [0.25, 0.3) is 11.1 Å². The molecule has 1 heterocycles. The molecule has 1 fully saturated rings. The SMILES string of the molecule is N=C(N)c1c(-c2ccc(OCCN3CCCCC3)cc2)cccc1S(N)(=O)=O. The quantitative estimate of drug-likeness (QED) is 0.484. The summed E-state index contributed by atoms with van der Waals surface area (Å²) >= 11 is 0. The molecule has 0 spiro atoms. The lowest BCUT2D eigenvalue weighted by atomic mass is 9.99. The Bertz CT molecular complexity index is 936. The van der Waals surface area contributed by atoms with E-state index in [1.165, 1.54) is 25.3 Å². The van der Waals surface area contributed by atoms with E-state index in [9.17, 15) is 8.42 Å². The predicted octanol–water partition coefficient (Wildman–Crippen LogP) is 2.15. The molecule has 0 radical (unpaired) electrons. The van der Waals surface area contributed by atoms with Crippen LogP contribution in [0.3, 0.4) is 0 Å². The number of nitrogens with two attached hydrogens (primary N) is 2. The van der Waals surface area contributed by atoms with E-state index in [4.69, 9.17) is 21.0 Å². The molecule has 150 valence electrons. The number of nitrogens with zero attached hydrogens (tertiary/aromatic N) is 1. The summed E-state index contributed by atoms with van der Waals surface area (Å²) in [5.74, 6) is 0.397. The lowest BCUT2D eigenvalue weighted by Crippen LogP contribution is -2.33. The highest BCUT2D eigenvalue weighted by Gasteiger charge is 2.20. The van der Waals surface area contributed by atoms with Crippen molar-refractivity contribution in [1.82, 2.24) is 4.90 Å². The minimum Gasteiger partial charge on any atom is -0.492 e. The molecule has 1 aliphatic heterocycles. The summed E-state index contributed by atoms with van der Waals surface area (Å²) in [6.45, 7) is 3.80. The molecule has 0 saturated carbocycles. The zero-order chi connectivity index (χ0) is 20.1. The predicted molar refractivity (Wildman–Crippen MR) is 110 cm³/mol. The smallest absolute Gasteiger partial charge is 0.238 e. The highest BCUT2D eigenvalue weighted by atomic mass is 32.2. The molecule has 5 N–H and O–H groups in total. The molecule has 28 heavy (non-hydrogen) atoms. The van der Waals surface area contributed by atoms with Gasteiger partial charge >= 0.3 is 0 Å². The minimum absolute atomic E-state index is 0.115. The van der Waals surface area contributed by atoms with E-state index in [1.54, 1.807) is 12.1 Å². The largest absolute Gasteiger partial charge is 0.492 e. The number of ether oxygens (including phenoxy) is 1. The molecule has 7 nitrogen and oxygen atoms in total. The van der Waals surface area contributed by atoms with E-state index in [-0.39, 0.29) is 16.3 Å². The Kier molecular flexibility index (Phi) is 6.33. The first-order valence-corrected chi connectivity index (χ1v) is 10.9. The van der Waals surface area contributed by atoms with E-state index in [1.807, 2.05) is 24.3 Å². The zero-order valence-corrected chi connectivity index (χ0v) is 16.5. The summed E-state index contributed by atoms with van der Waals surface area (Å²) in [5, 5.41) is 13.1. The molecule has 2 aromatic carbocycles. The van der Waals surface area contributed by atoms with Gasteiger partial charge in [-0.15, -0.1) is 0 Å². The van der Waals surface area contributed by atoms with Crippen molar-refractivity contribution in [3.8, 4) is 16.9 Å². The van der Waals surface area contributed by atoms with Crippen molar-refractivity contribution in [2.75, 3.05) is 26.2 Å². The normalized spacial score (nSPS) is 15.3. The lowest BCUT2D eigenvalue weighted by Gasteiger charge is -2.26. The third-order valence-electron chi connectivity index (χ3n) is 4.89. The topological polar surface area (TPSA) is 122 Å². The first-order chi connectivity index (χ1) is 13.4. The Morgan fingerprint density at radius 1 is 1.07 bits per heavy atom. The number of primary sulfonamides is 1. The molecule has 0 aliphatic carbocycles. The molecule has 0 unspecified atom stereocenters. The van der Waals surface area contributed by atoms with Gasteiger partial charge in [0.2, 0.25) is 10.0 Å². The van der Waals surface area contributed by atoms with E-state index in [0.29, 0.717) is 12.2 Å². The number of rotatable bonds is 7. The Hall–Kier alpha value is -2.42. The molecule has 0 atom stereocenters. The third kappa shape index (κ3) is 4.89. The molecule has 3 rings (SSSR count). The van der Waals surface area contributed by atoms with Crippen LogP contribution < -0.4 is 15.6 Å². The summed E-state index contributed by atoms with van der Waals surface area (Å²) in [7, 11) is -3.99. The number of benzene rings is 2. The maximum absolute atomic E-state index is 11.8. The van der Waals surface area contributed by atoms with Crippen LogP contribution in [0.15, 0.2) is 47.4 Å². The number of likely N-dealkylation sites (tertiary alicyclic amines) is 1.